The Hall–Kier alpha value is -0.340. The van der Waals surface area contributed by atoms with Gasteiger partial charge < -0.3 is 10.1 Å². The quantitative estimate of drug-likeness (QED) is 0.573. The van der Waals surface area contributed by atoms with Gasteiger partial charge in [-0.1, -0.05) is 25.7 Å². The van der Waals surface area contributed by atoms with Crippen LogP contribution in [0.5, 0.6) is 5.75 Å². The van der Waals surface area contributed by atoms with Gasteiger partial charge in [0.15, 0.2) is 4.21 Å². The lowest BCUT2D eigenvalue weighted by Crippen LogP contribution is -2.36. The van der Waals surface area contributed by atoms with E-state index in [-0.39, 0.29) is 16.6 Å². The van der Waals surface area contributed by atoms with Crippen LogP contribution < -0.4 is 14.8 Å². The lowest BCUT2D eigenvalue weighted by atomic mass is 10.1. The van der Waals surface area contributed by atoms with Gasteiger partial charge in [0.2, 0.25) is 0 Å². The topological polar surface area (TPSA) is 67.4 Å². The molecule has 1 aromatic rings. The van der Waals surface area contributed by atoms with Gasteiger partial charge in [0.05, 0.1) is 7.11 Å². The summed E-state index contributed by atoms with van der Waals surface area (Å²) in [5.41, 5.74) is 0. The fraction of sp³-hybridized carbons (Fsp3) is 0.714. The second-order valence-electron chi connectivity index (χ2n) is 5.32. The van der Waals surface area contributed by atoms with E-state index in [9.17, 15) is 8.42 Å². The summed E-state index contributed by atoms with van der Waals surface area (Å²) in [7, 11) is -1.99. The number of hydrogen-bond acceptors (Lipinski definition) is 5. The van der Waals surface area contributed by atoms with E-state index < -0.39 is 10.0 Å². The monoisotopic (exact) mass is 368 g/mol. The third-order valence-electron chi connectivity index (χ3n) is 3.76. The van der Waals surface area contributed by atoms with Crippen molar-refractivity contribution >= 4 is 33.8 Å². The van der Waals surface area contributed by atoms with Crippen LogP contribution in [0.15, 0.2) is 15.7 Å². The van der Waals surface area contributed by atoms with Crippen molar-refractivity contribution in [3.05, 3.63) is 11.4 Å². The second kappa shape index (κ2) is 9.72. The Kier molecular flexibility index (Phi) is 8.71. The number of hydrogen-bond donors (Lipinski definition) is 2. The first-order valence-electron chi connectivity index (χ1n) is 7.48. The van der Waals surface area contributed by atoms with E-state index in [0.29, 0.717) is 24.9 Å². The largest absolute Gasteiger partial charge is 0.494 e. The lowest BCUT2D eigenvalue weighted by molar-refractivity contribution is 0.406. The van der Waals surface area contributed by atoms with E-state index in [0.717, 1.165) is 0 Å². The van der Waals surface area contributed by atoms with Crippen molar-refractivity contribution in [3.63, 3.8) is 0 Å². The summed E-state index contributed by atoms with van der Waals surface area (Å²) in [5.74, 6) is 0.407. The molecule has 1 fully saturated rings. The first-order chi connectivity index (χ1) is 10.1. The SMILES string of the molecule is COc1ccsc1S(=O)(=O)NCCNC1CCCCCC1.Cl. The Morgan fingerprint density at radius 1 is 1.23 bits per heavy atom. The van der Waals surface area contributed by atoms with Gasteiger partial charge in [-0.3, -0.25) is 0 Å². The summed E-state index contributed by atoms with van der Waals surface area (Å²) in [6, 6.07) is 2.21. The molecule has 22 heavy (non-hydrogen) atoms. The molecule has 0 spiro atoms. The van der Waals surface area contributed by atoms with Gasteiger partial charge in [-0.25, -0.2) is 13.1 Å². The number of halogens is 1. The molecule has 0 saturated heterocycles. The smallest absolute Gasteiger partial charge is 0.253 e. The summed E-state index contributed by atoms with van der Waals surface area (Å²) < 4.78 is 32.3. The van der Waals surface area contributed by atoms with Gasteiger partial charge in [-0.2, -0.15) is 0 Å². The van der Waals surface area contributed by atoms with Crippen molar-refractivity contribution in [2.75, 3.05) is 20.2 Å². The van der Waals surface area contributed by atoms with Gasteiger partial charge >= 0.3 is 0 Å². The van der Waals surface area contributed by atoms with Crippen LogP contribution >= 0.6 is 23.7 Å². The van der Waals surface area contributed by atoms with Crippen molar-refractivity contribution in [2.45, 2.75) is 48.8 Å². The average Bonchev–Trinajstić information content (AvgIpc) is 2.81. The van der Waals surface area contributed by atoms with E-state index in [1.165, 1.54) is 57.0 Å². The number of thiophene rings is 1. The third kappa shape index (κ3) is 5.70. The maximum atomic E-state index is 12.2. The van der Waals surface area contributed by atoms with Crippen molar-refractivity contribution in [1.82, 2.24) is 10.0 Å². The normalized spacial score (nSPS) is 16.8. The molecule has 0 bridgehead atoms. The summed E-state index contributed by atoms with van der Waals surface area (Å²) >= 11 is 1.17. The minimum atomic E-state index is -3.47. The summed E-state index contributed by atoms with van der Waals surface area (Å²) in [6.45, 7) is 1.07. The third-order valence-corrected chi connectivity index (χ3v) is 6.67. The first-order valence-corrected chi connectivity index (χ1v) is 9.84. The van der Waals surface area contributed by atoms with Gasteiger partial charge in [0.1, 0.15) is 5.75 Å². The zero-order valence-corrected chi connectivity index (χ0v) is 15.3. The highest BCUT2D eigenvalue weighted by molar-refractivity contribution is 7.91. The summed E-state index contributed by atoms with van der Waals surface area (Å²) in [4.78, 5) is 0. The Bertz CT molecular complexity index is 526. The lowest BCUT2D eigenvalue weighted by Gasteiger charge is -2.16. The number of ether oxygens (including phenoxy) is 1. The first kappa shape index (κ1) is 19.7. The van der Waals surface area contributed by atoms with Crippen LogP contribution in [0.1, 0.15) is 38.5 Å². The van der Waals surface area contributed by atoms with Gasteiger partial charge in [-0.05, 0) is 24.3 Å². The van der Waals surface area contributed by atoms with E-state index in [2.05, 4.69) is 10.0 Å². The van der Waals surface area contributed by atoms with Crippen LogP contribution in [0.3, 0.4) is 0 Å². The number of sulfonamides is 1. The predicted molar refractivity (Wildman–Crippen MR) is 92.8 cm³/mol. The Labute approximate surface area is 143 Å². The fourth-order valence-electron chi connectivity index (χ4n) is 2.64. The van der Waals surface area contributed by atoms with E-state index in [1.807, 2.05) is 0 Å². The van der Waals surface area contributed by atoms with Gasteiger partial charge in [-0.15, -0.1) is 23.7 Å². The fourth-order valence-corrected chi connectivity index (χ4v) is 4.99. The molecule has 2 rings (SSSR count). The molecule has 0 aromatic carbocycles. The molecule has 0 radical (unpaired) electrons. The summed E-state index contributed by atoms with van der Waals surface area (Å²) in [6.07, 6.45) is 7.59. The molecule has 1 saturated carbocycles. The van der Waals surface area contributed by atoms with Crippen LogP contribution in [0.2, 0.25) is 0 Å². The molecule has 0 atom stereocenters. The molecule has 1 heterocycles. The Balaban J connectivity index is 0.00000242. The highest BCUT2D eigenvalue weighted by atomic mass is 35.5. The van der Waals surface area contributed by atoms with Crippen molar-refractivity contribution < 1.29 is 13.2 Å². The molecule has 128 valence electrons. The van der Waals surface area contributed by atoms with Crippen LogP contribution in [0.4, 0.5) is 0 Å². The van der Waals surface area contributed by atoms with Gasteiger partial charge in [0.25, 0.3) is 10.0 Å². The van der Waals surface area contributed by atoms with Crippen molar-refractivity contribution in [2.24, 2.45) is 0 Å². The minimum Gasteiger partial charge on any atom is -0.494 e. The maximum Gasteiger partial charge on any atom is 0.253 e. The second-order valence-corrected chi connectivity index (χ2v) is 8.20. The standard InChI is InChI=1S/C14H24N2O3S2.ClH/c1-19-13-8-11-20-14(13)21(17,18)16-10-9-15-12-6-4-2-3-5-7-12;/h8,11-12,15-16H,2-7,9-10H2,1H3;1H. The van der Waals surface area contributed by atoms with Crippen LogP contribution in [0.25, 0.3) is 0 Å². The highest BCUT2D eigenvalue weighted by Crippen LogP contribution is 2.28. The van der Waals surface area contributed by atoms with E-state index in [4.69, 9.17) is 4.74 Å². The molecule has 2 N–H and O–H groups in total. The number of rotatable bonds is 7. The molecule has 1 aliphatic carbocycles. The zero-order valence-electron chi connectivity index (χ0n) is 12.8. The molecule has 5 nitrogen and oxygen atoms in total. The Morgan fingerprint density at radius 3 is 2.55 bits per heavy atom. The molecular weight excluding hydrogens is 344 g/mol. The zero-order chi connectivity index (χ0) is 15.1. The molecule has 0 aliphatic heterocycles. The average molecular weight is 369 g/mol. The minimum absolute atomic E-state index is 0. The number of nitrogens with one attached hydrogen (secondary N) is 2. The van der Waals surface area contributed by atoms with Crippen molar-refractivity contribution in [1.29, 1.82) is 0 Å². The maximum absolute atomic E-state index is 12.2. The molecule has 0 amide bonds. The van der Waals surface area contributed by atoms with Crippen LogP contribution in [-0.2, 0) is 10.0 Å². The Morgan fingerprint density at radius 2 is 1.91 bits per heavy atom. The molecule has 0 unspecified atom stereocenters. The highest BCUT2D eigenvalue weighted by Gasteiger charge is 2.20. The molecule has 1 aliphatic rings. The van der Waals surface area contributed by atoms with E-state index in [1.54, 1.807) is 11.4 Å². The molecule has 1 aromatic heterocycles. The molecule has 8 heteroatoms. The van der Waals surface area contributed by atoms with Crippen LogP contribution in [-0.4, -0.2) is 34.7 Å². The predicted octanol–water partition coefficient (Wildman–Crippen LogP) is 2.77. The van der Waals surface area contributed by atoms with Gasteiger partial charge in [0, 0.05) is 19.1 Å². The number of methoxy groups -OCH3 is 1. The van der Waals surface area contributed by atoms with Crippen LogP contribution in [0, 0.1) is 0 Å². The van der Waals surface area contributed by atoms with E-state index >= 15 is 0 Å². The molecular formula is C14H25ClN2O3S2. The van der Waals surface area contributed by atoms with Crippen molar-refractivity contribution in [3.8, 4) is 5.75 Å². The summed E-state index contributed by atoms with van der Waals surface area (Å²) in [5, 5.41) is 5.17.